The van der Waals surface area contributed by atoms with Crippen LogP contribution in [0.5, 0.6) is 0 Å². The van der Waals surface area contributed by atoms with Gasteiger partial charge in [0.25, 0.3) is 0 Å². The first-order valence-electron chi connectivity index (χ1n) is 4.05. The van der Waals surface area contributed by atoms with E-state index in [2.05, 4.69) is 19.1 Å². The average Bonchev–Trinajstić information content (AvgIpc) is 1.97. The van der Waals surface area contributed by atoms with Crippen LogP contribution >= 0.6 is 0 Å². The van der Waals surface area contributed by atoms with Crippen LogP contribution in [0.15, 0.2) is 12.2 Å². The normalized spacial score (nSPS) is 11.0. The van der Waals surface area contributed by atoms with E-state index in [0.717, 1.165) is 13.0 Å². The summed E-state index contributed by atoms with van der Waals surface area (Å²) in [5.74, 6) is 0. The van der Waals surface area contributed by atoms with E-state index in [4.69, 9.17) is 4.74 Å². The Kier molecular flexibility index (Phi) is 8.44. The van der Waals surface area contributed by atoms with Gasteiger partial charge in [-0.3, -0.25) is 0 Å². The van der Waals surface area contributed by atoms with Crippen LogP contribution in [0.25, 0.3) is 0 Å². The Morgan fingerprint density at radius 1 is 1.20 bits per heavy atom. The second-order valence-electron chi connectivity index (χ2n) is 2.37. The van der Waals surface area contributed by atoms with Crippen molar-refractivity contribution in [1.82, 2.24) is 0 Å². The topological polar surface area (TPSA) is 9.23 Å². The molecule has 0 N–H and O–H groups in total. The zero-order valence-electron chi connectivity index (χ0n) is 7.10. The van der Waals surface area contributed by atoms with E-state index in [0.29, 0.717) is 0 Å². The Hall–Kier alpha value is -0.300. The lowest BCUT2D eigenvalue weighted by atomic mass is 10.2. The Morgan fingerprint density at radius 3 is 2.60 bits per heavy atom. The summed E-state index contributed by atoms with van der Waals surface area (Å²) in [5, 5.41) is 0. The van der Waals surface area contributed by atoms with Crippen molar-refractivity contribution in [2.45, 2.75) is 32.6 Å². The summed E-state index contributed by atoms with van der Waals surface area (Å²) in [7, 11) is 1.75. The summed E-state index contributed by atoms with van der Waals surface area (Å²) in [6, 6.07) is 0. The zero-order valence-corrected chi connectivity index (χ0v) is 7.10. The number of unbranched alkanes of at least 4 members (excludes halogenated alkanes) is 2. The van der Waals surface area contributed by atoms with Crippen molar-refractivity contribution < 1.29 is 4.74 Å². The molecule has 0 aromatic heterocycles. The number of rotatable bonds is 6. The first-order chi connectivity index (χ1) is 4.91. The van der Waals surface area contributed by atoms with Gasteiger partial charge in [0.1, 0.15) is 0 Å². The monoisotopic (exact) mass is 142 g/mol. The fraction of sp³-hybridized carbons (Fsp3) is 0.778. The van der Waals surface area contributed by atoms with E-state index in [1.54, 1.807) is 7.11 Å². The quantitative estimate of drug-likeness (QED) is 0.409. The Morgan fingerprint density at radius 2 is 2.00 bits per heavy atom. The van der Waals surface area contributed by atoms with Crippen LogP contribution in [0.1, 0.15) is 32.6 Å². The molecule has 10 heavy (non-hydrogen) atoms. The minimum absolute atomic E-state index is 0.903. The Bertz CT molecular complexity index is 76.8. The average molecular weight is 142 g/mol. The third kappa shape index (κ3) is 7.70. The van der Waals surface area contributed by atoms with Gasteiger partial charge in [0.05, 0.1) is 0 Å². The molecule has 0 radical (unpaired) electrons. The second-order valence-corrected chi connectivity index (χ2v) is 2.37. The van der Waals surface area contributed by atoms with Gasteiger partial charge in [0, 0.05) is 13.7 Å². The minimum atomic E-state index is 0.903. The highest BCUT2D eigenvalue weighted by Gasteiger charge is 1.82. The number of ether oxygens (including phenoxy) is 1. The van der Waals surface area contributed by atoms with Gasteiger partial charge < -0.3 is 4.74 Å². The predicted octanol–water partition coefficient (Wildman–Crippen LogP) is 2.77. The fourth-order valence-electron chi connectivity index (χ4n) is 0.793. The predicted molar refractivity (Wildman–Crippen MR) is 45.2 cm³/mol. The summed E-state index contributed by atoms with van der Waals surface area (Å²) in [6.07, 6.45) is 9.26. The lowest BCUT2D eigenvalue weighted by Crippen LogP contribution is -1.86. The van der Waals surface area contributed by atoms with Crippen molar-refractivity contribution in [2.24, 2.45) is 0 Å². The van der Waals surface area contributed by atoms with Crippen LogP contribution < -0.4 is 0 Å². The molecular formula is C9H18O. The first kappa shape index (κ1) is 9.70. The van der Waals surface area contributed by atoms with E-state index in [9.17, 15) is 0 Å². The van der Waals surface area contributed by atoms with Crippen molar-refractivity contribution in [3.05, 3.63) is 12.2 Å². The molecule has 0 atom stereocenters. The van der Waals surface area contributed by atoms with E-state index in [-0.39, 0.29) is 0 Å². The fourth-order valence-corrected chi connectivity index (χ4v) is 0.793. The molecule has 0 heterocycles. The summed E-state index contributed by atoms with van der Waals surface area (Å²) < 4.78 is 4.92. The van der Waals surface area contributed by atoms with E-state index >= 15 is 0 Å². The lowest BCUT2D eigenvalue weighted by Gasteiger charge is -1.94. The second kappa shape index (κ2) is 8.70. The van der Waals surface area contributed by atoms with Gasteiger partial charge in [-0.1, -0.05) is 19.1 Å². The third-order valence-corrected chi connectivity index (χ3v) is 1.37. The highest BCUT2D eigenvalue weighted by Crippen LogP contribution is 1.96. The number of allylic oxidation sites excluding steroid dienone is 2. The molecule has 0 fully saturated rings. The van der Waals surface area contributed by atoms with Gasteiger partial charge in [0.15, 0.2) is 0 Å². The highest BCUT2D eigenvalue weighted by molar-refractivity contribution is 4.79. The van der Waals surface area contributed by atoms with Crippen LogP contribution in [-0.2, 0) is 4.74 Å². The molecule has 0 amide bonds. The maximum atomic E-state index is 4.92. The highest BCUT2D eigenvalue weighted by atomic mass is 16.5. The molecule has 1 heteroatoms. The first-order valence-corrected chi connectivity index (χ1v) is 4.05. The third-order valence-electron chi connectivity index (χ3n) is 1.37. The van der Waals surface area contributed by atoms with Crippen LogP contribution in [0.3, 0.4) is 0 Å². The molecule has 0 aliphatic rings. The molecule has 0 unspecified atom stereocenters. The van der Waals surface area contributed by atoms with Crippen LogP contribution in [0.4, 0.5) is 0 Å². The molecule has 0 aliphatic carbocycles. The Balaban J connectivity index is 2.83. The molecule has 0 aliphatic heterocycles. The van der Waals surface area contributed by atoms with Crippen LogP contribution in [0.2, 0.25) is 0 Å². The smallest absolute Gasteiger partial charge is 0.0462 e. The maximum Gasteiger partial charge on any atom is 0.0462 e. The van der Waals surface area contributed by atoms with Crippen molar-refractivity contribution in [3.63, 3.8) is 0 Å². The van der Waals surface area contributed by atoms with Gasteiger partial charge in [0.2, 0.25) is 0 Å². The van der Waals surface area contributed by atoms with Crippen LogP contribution in [0, 0.1) is 0 Å². The van der Waals surface area contributed by atoms with Gasteiger partial charge >= 0.3 is 0 Å². The molecule has 0 saturated heterocycles. The summed E-state index contributed by atoms with van der Waals surface area (Å²) in [6.45, 7) is 3.06. The largest absolute Gasteiger partial charge is 0.385 e. The SMILES string of the molecule is CC/C=C\CCCCOC. The summed E-state index contributed by atoms with van der Waals surface area (Å²) >= 11 is 0. The van der Waals surface area contributed by atoms with Crippen LogP contribution in [-0.4, -0.2) is 13.7 Å². The number of hydrogen-bond acceptors (Lipinski definition) is 1. The maximum absolute atomic E-state index is 4.92. The molecule has 0 aromatic rings. The van der Waals surface area contributed by atoms with Crippen molar-refractivity contribution in [3.8, 4) is 0 Å². The molecule has 0 spiro atoms. The van der Waals surface area contributed by atoms with Crippen molar-refractivity contribution in [2.75, 3.05) is 13.7 Å². The van der Waals surface area contributed by atoms with Crippen molar-refractivity contribution in [1.29, 1.82) is 0 Å². The van der Waals surface area contributed by atoms with Gasteiger partial charge in [-0.25, -0.2) is 0 Å². The van der Waals surface area contributed by atoms with Gasteiger partial charge in [-0.2, -0.15) is 0 Å². The summed E-state index contributed by atoms with van der Waals surface area (Å²) in [5.41, 5.74) is 0. The van der Waals surface area contributed by atoms with E-state index < -0.39 is 0 Å². The zero-order chi connectivity index (χ0) is 7.66. The molecule has 0 saturated carbocycles. The molecule has 1 nitrogen and oxygen atoms in total. The van der Waals surface area contributed by atoms with Gasteiger partial charge in [-0.15, -0.1) is 0 Å². The molecule has 60 valence electrons. The number of methoxy groups -OCH3 is 1. The van der Waals surface area contributed by atoms with E-state index in [1.807, 2.05) is 0 Å². The minimum Gasteiger partial charge on any atom is -0.385 e. The molecule has 0 bridgehead atoms. The van der Waals surface area contributed by atoms with Gasteiger partial charge in [-0.05, 0) is 25.7 Å². The number of hydrogen-bond donors (Lipinski definition) is 0. The standard InChI is InChI=1S/C9H18O/c1-3-4-5-6-7-8-9-10-2/h4-5H,3,6-9H2,1-2H3/b5-4-. The van der Waals surface area contributed by atoms with E-state index in [1.165, 1.54) is 19.3 Å². The lowest BCUT2D eigenvalue weighted by molar-refractivity contribution is 0.193. The Labute approximate surface area is 64.1 Å². The van der Waals surface area contributed by atoms with Crippen molar-refractivity contribution >= 4 is 0 Å². The molecule has 0 aromatic carbocycles. The molecule has 0 rings (SSSR count). The molecular weight excluding hydrogens is 124 g/mol. The summed E-state index contributed by atoms with van der Waals surface area (Å²) in [4.78, 5) is 0.